The van der Waals surface area contributed by atoms with E-state index in [9.17, 15) is 14.9 Å². The molecule has 0 aliphatic rings. The van der Waals surface area contributed by atoms with Crippen LogP contribution in [0.25, 0.3) is 17.4 Å². The van der Waals surface area contributed by atoms with Crippen molar-refractivity contribution in [1.82, 2.24) is 0 Å². The Balaban J connectivity index is 1.84. The zero-order chi connectivity index (χ0) is 21.0. The van der Waals surface area contributed by atoms with Gasteiger partial charge >= 0.3 is 5.97 Å². The molecule has 0 saturated heterocycles. The fraction of sp³-hybridized carbons (Fsp3) is 0. The first-order chi connectivity index (χ1) is 13.9. The Morgan fingerprint density at radius 3 is 2.59 bits per heavy atom. The van der Waals surface area contributed by atoms with Gasteiger partial charge in [-0.05, 0) is 36.4 Å². The number of nitrogens with one attached hydrogen (secondary N) is 1. The summed E-state index contributed by atoms with van der Waals surface area (Å²) in [7, 11) is 0. The molecule has 2 aromatic carbocycles. The molecule has 29 heavy (non-hydrogen) atoms. The fourth-order valence-electron chi connectivity index (χ4n) is 2.47. The number of aromatic carboxylic acids is 1. The molecule has 1 aromatic heterocycles. The number of hydrogen-bond donors (Lipinski definition) is 2. The number of hydrogen-bond acceptors (Lipinski definition) is 4. The minimum atomic E-state index is -1.05. The highest BCUT2D eigenvalue weighted by atomic mass is 35.5. The van der Waals surface area contributed by atoms with E-state index in [0.29, 0.717) is 11.3 Å². The molecule has 1 heterocycles. The van der Waals surface area contributed by atoms with Crippen LogP contribution in [0, 0.1) is 11.3 Å². The Kier molecular flexibility index (Phi) is 6.03. The van der Waals surface area contributed by atoms with Gasteiger partial charge in [0.1, 0.15) is 23.2 Å². The standard InChI is InChI=1S/C21H12Cl2N2O4/c22-16-5-2-6-17(19(16)23)25-20(26)14(11-24)10-15-7-8-18(29-15)12-3-1-4-13(9-12)21(27)28/h1-10H,(H,25,26)(H,27,28)/b14-10+. The normalized spacial score (nSPS) is 11.0. The first-order valence-corrected chi connectivity index (χ1v) is 8.95. The second-order valence-corrected chi connectivity index (χ2v) is 6.60. The highest BCUT2D eigenvalue weighted by Crippen LogP contribution is 2.30. The van der Waals surface area contributed by atoms with E-state index >= 15 is 0 Å². The zero-order valence-corrected chi connectivity index (χ0v) is 16.2. The number of carbonyl (C=O) groups is 2. The van der Waals surface area contributed by atoms with E-state index in [-0.39, 0.29) is 32.6 Å². The molecule has 0 aliphatic carbocycles. The maximum atomic E-state index is 12.4. The molecule has 0 fully saturated rings. The maximum absolute atomic E-state index is 12.4. The SMILES string of the molecule is N#C/C(=C\c1ccc(-c2cccc(C(=O)O)c2)o1)C(=O)Nc1cccc(Cl)c1Cl. The van der Waals surface area contributed by atoms with E-state index in [4.69, 9.17) is 32.7 Å². The number of carboxylic acids is 1. The number of nitriles is 1. The molecule has 3 aromatic rings. The van der Waals surface area contributed by atoms with Crippen molar-refractivity contribution < 1.29 is 19.1 Å². The largest absolute Gasteiger partial charge is 0.478 e. The number of furan rings is 1. The molecule has 0 radical (unpaired) electrons. The van der Waals surface area contributed by atoms with Crippen molar-refractivity contribution in [2.24, 2.45) is 0 Å². The number of carboxylic acid groups (broad SMARTS) is 1. The number of amides is 1. The Bertz CT molecular complexity index is 1180. The third-order valence-electron chi connectivity index (χ3n) is 3.87. The number of rotatable bonds is 5. The van der Waals surface area contributed by atoms with E-state index in [1.54, 1.807) is 42.5 Å². The lowest BCUT2D eigenvalue weighted by Crippen LogP contribution is -2.13. The van der Waals surface area contributed by atoms with E-state index in [0.717, 1.165) is 0 Å². The Morgan fingerprint density at radius 1 is 1.10 bits per heavy atom. The highest BCUT2D eigenvalue weighted by Gasteiger charge is 2.14. The highest BCUT2D eigenvalue weighted by molar-refractivity contribution is 6.44. The number of anilines is 1. The van der Waals surface area contributed by atoms with Crippen LogP contribution < -0.4 is 5.32 Å². The molecular formula is C21H12Cl2N2O4. The molecule has 3 rings (SSSR count). The van der Waals surface area contributed by atoms with Crippen LogP contribution in [0.3, 0.4) is 0 Å². The summed E-state index contributed by atoms with van der Waals surface area (Å²) in [6.45, 7) is 0. The van der Waals surface area contributed by atoms with Gasteiger partial charge in [0.2, 0.25) is 0 Å². The smallest absolute Gasteiger partial charge is 0.335 e. The van der Waals surface area contributed by atoms with Crippen molar-refractivity contribution in [2.45, 2.75) is 0 Å². The van der Waals surface area contributed by atoms with Crippen molar-refractivity contribution in [2.75, 3.05) is 5.32 Å². The third kappa shape index (κ3) is 4.66. The van der Waals surface area contributed by atoms with Crippen LogP contribution >= 0.6 is 23.2 Å². The van der Waals surface area contributed by atoms with E-state index < -0.39 is 11.9 Å². The summed E-state index contributed by atoms with van der Waals surface area (Å²) >= 11 is 12.0. The monoisotopic (exact) mass is 426 g/mol. The Labute approximate surface area is 175 Å². The van der Waals surface area contributed by atoms with Crippen molar-refractivity contribution in [3.05, 3.63) is 81.5 Å². The minimum absolute atomic E-state index is 0.117. The molecule has 144 valence electrons. The van der Waals surface area contributed by atoms with Crippen LogP contribution in [0.1, 0.15) is 16.1 Å². The van der Waals surface area contributed by atoms with Crippen LogP contribution in [0.5, 0.6) is 0 Å². The first kappa shape index (κ1) is 20.2. The maximum Gasteiger partial charge on any atom is 0.335 e. The zero-order valence-electron chi connectivity index (χ0n) is 14.6. The number of benzene rings is 2. The molecule has 6 nitrogen and oxygen atoms in total. The molecule has 0 atom stereocenters. The third-order valence-corrected chi connectivity index (χ3v) is 4.69. The lowest BCUT2D eigenvalue weighted by Gasteiger charge is -2.07. The van der Waals surface area contributed by atoms with Gasteiger partial charge in [-0.25, -0.2) is 4.79 Å². The van der Waals surface area contributed by atoms with Gasteiger partial charge in [-0.3, -0.25) is 4.79 Å². The molecule has 0 saturated carbocycles. The average Bonchev–Trinajstić information content (AvgIpc) is 3.18. The molecule has 8 heteroatoms. The van der Waals surface area contributed by atoms with Crippen LogP contribution in [0.4, 0.5) is 5.69 Å². The summed E-state index contributed by atoms with van der Waals surface area (Å²) < 4.78 is 5.63. The van der Waals surface area contributed by atoms with Gasteiger partial charge in [-0.15, -0.1) is 0 Å². The number of nitrogens with zero attached hydrogens (tertiary/aromatic N) is 1. The predicted octanol–water partition coefficient (Wildman–Crippen LogP) is 5.50. The Hall–Kier alpha value is -3.53. The molecule has 2 N–H and O–H groups in total. The summed E-state index contributed by atoms with van der Waals surface area (Å²) in [5, 5.41) is 21.4. The van der Waals surface area contributed by atoms with Crippen molar-refractivity contribution in [3.8, 4) is 17.4 Å². The second kappa shape index (κ2) is 8.65. The fourth-order valence-corrected chi connectivity index (χ4v) is 2.82. The summed E-state index contributed by atoms with van der Waals surface area (Å²) in [6.07, 6.45) is 1.28. The van der Waals surface area contributed by atoms with E-state index in [1.165, 1.54) is 18.2 Å². The average molecular weight is 427 g/mol. The van der Waals surface area contributed by atoms with Gasteiger partial charge in [-0.1, -0.05) is 41.4 Å². The van der Waals surface area contributed by atoms with Crippen molar-refractivity contribution >= 4 is 46.8 Å². The van der Waals surface area contributed by atoms with Gasteiger partial charge in [-0.2, -0.15) is 5.26 Å². The molecule has 0 bridgehead atoms. The molecule has 1 amide bonds. The number of halogens is 2. The van der Waals surface area contributed by atoms with Crippen molar-refractivity contribution in [3.63, 3.8) is 0 Å². The summed E-state index contributed by atoms with van der Waals surface area (Å²) in [5.74, 6) is -1.08. The molecule has 0 spiro atoms. The van der Waals surface area contributed by atoms with E-state index in [1.807, 2.05) is 6.07 Å². The Morgan fingerprint density at radius 2 is 1.86 bits per heavy atom. The van der Waals surface area contributed by atoms with Crippen molar-refractivity contribution in [1.29, 1.82) is 5.26 Å². The van der Waals surface area contributed by atoms with Crippen LogP contribution in [-0.2, 0) is 4.79 Å². The van der Waals surface area contributed by atoms with Gasteiger partial charge in [0.05, 0.1) is 21.3 Å². The second-order valence-electron chi connectivity index (χ2n) is 5.81. The van der Waals surface area contributed by atoms with Crippen LogP contribution in [0.15, 0.2) is 64.6 Å². The van der Waals surface area contributed by atoms with Gasteiger partial charge in [0.25, 0.3) is 5.91 Å². The molecule has 0 aliphatic heterocycles. The van der Waals surface area contributed by atoms with Crippen LogP contribution in [0.2, 0.25) is 10.0 Å². The predicted molar refractivity (Wildman–Crippen MR) is 110 cm³/mol. The topological polar surface area (TPSA) is 103 Å². The minimum Gasteiger partial charge on any atom is -0.478 e. The quantitative estimate of drug-likeness (QED) is 0.414. The lowest BCUT2D eigenvalue weighted by molar-refractivity contribution is -0.112. The summed E-state index contributed by atoms with van der Waals surface area (Å²) in [6, 6.07) is 16.0. The van der Waals surface area contributed by atoms with Crippen LogP contribution in [-0.4, -0.2) is 17.0 Å². The lowest BCUT2D eigenvalue weighted by atomic mass is 10.1. The summed E-state index contributed by atoms with van der Waals surface area (Å²) in [5.41, 5.74) is 0.738. The van der Waals surface area contributed by atoms with E-state index in [2.05, 4.69) is 5.32 Å². The van der Waals surface area contributed by atoms with Gasteiger partial charge in [0, 0.05) is 11.6 Å². The molecular weight excluding hydrogens is 415 g/mol. The van der Waals surface area contributed by atoms with Gasteiger partial charge < -0.3 is 14.8 Å². The van der Waals surface area contributed by atoms with Gasteiger partial charge in [0.15, 0.2) is 0 Å². The summed E-state index contributed by atoms with van der Waals surface area (Å²) in [4.78, 5) is 23.5. The number of carbonyl (C=O) groups excluding carboxylic acids is 1. The molecule has 0 unspecified atom stereocenters. The first-order valence-electron chi connectivity index (χ1n) is 8.20.